The molecule has 118 valence electrons. The van der Waals surface area contributed by atoms with Crippen molar-refractivity contribution in [2.75, 3.05) is 6.61 Å². The number of nitrogens with two attached hydrogens (primary N) is 1. The fraction of sp³-hybridized carbons (Fsp3) is 0.462. The third-order valence-electron chi connectivity index (χ3n) is 2.78. The molecular weight excluding hydrogens is 337 g/mol. The van der Waals surface area contributed by atoms with Gasteiger partial charge < -0.3 is 4.74 Å². The predicted molar refractivity (Wildman–Crippen MR) is 82.3 cm³/mol. The summed E-state index contributed by atoms with van der Waals surface area (Å²) in [5.74, 6) is -0.696. The summed E-state index contributed by atoms with van der Waals surface area (Å²) in [6.07, 6.45) is 3.84. The minimum absolute atomic E-state index is 0.0194. The molecule has 0 aliphatic heterocycles. The lowest BCUT2D eigenvalue weighted by atomic mass is 10.2. The lowest BCUT2D eigenvalue weighted by molar-refractivity contribution is 0.0497. The number of benzene rings is 1. The third kappa shape index (κ3) is 5.47. The summed E-state index contributed by atoms with van der Waals surface area (Å²) in [5.41, 5.74) is -0.0689. The van der Waals surface area contributed by atoms with Crippen molar-refractivity contribution >= 4 is 39.2 Å². The second-order valence-electron chi connectivity index (χ2n) is 4.50. The van der Waals surface area contributed by atoms with Gasteiger partial charge in [0.25, 0.3) is 0 Å². The first kappa shape index (κ1) is 18.2. The summed E-state index contributed by atoms with van der Waals surface area (Å²) < 4.78 is 27.8. The lowest BCUT2D eigenvalue weighted by Gasteiger charge is -2.09. The molecule has 0 saturated heterocycles. The number of halogens is 2. The average Bonchev–Trinajstić information content (AvgIpc) is 2.36. The van der Waals surface area contributed by atoms with E-state index in [4.69, 9.17) is 33.1 Å². The van der Waals surface area contributed by atoms with Crippen LogP contribution in [0, 0.1) is 0 Å². The number of rotatable bonds is 7. The van der Waals surface area contributed by atoms with Crippen LogP contribution >= 0.6 is 23.2 Å². The van der Waals surface area contributed by atoms with Crippen molar-refractivity contribution in [2.45, 2.75) is 37.5 Å². The van der Waals surface area contributed by atoms with Gasteiger partial charge >= 0.3 is 5.97 Å². The Labute approximate surface area is 134 Å². The maximum atomic E-state index is 11.9. The molecule has 1 rings (SSSR count). The first-order valence-corrected chi connectivity index (χ1v) is 8.76. The zero-order valence-electron chi connectivity index (χ0n) is 11.6. The lowest BCUT2D eigenvalue weighted by Crippen LogP contribution is -2.15. The Balaban J connectivity index is 2.85. The molecule has 0 aliphatic carbocycles. The molecule has 0 spiro atoms. The van der Waals surface area contributed by atoms with Crippen LogP contribution in [0.3, 0.4) is 0 Å². The molecule has 1 aromatic rings. The van der Waals surface area contributed by atoms with E-state index in [2.05, 4.69) is 6.92 Å². The van der Waals surface area contributed by atoms with Crippen LogP contribution in [-0.2, 0) is 14.8 Å². The van der Waals surface area contributed by atoms with E-state index in [0.717, 1.165) is 37.8 Å². The molecule has 5 nitrogen and oxygen atoms in total. The molecule has 0 bridgehead atoms. The molecule has 0 radical (unpaired) electrons. The molecular formula is C13H17Cl2NO4S. The Kier molecular flexibility index (Phi) is 6.93. The van der Waals surface area contributed by atoms with Crippen LogP contribution < -0.4 is 5.14 Å². The first-order valence-electron chi connectivity index (χ1n) is 6.46. The molecule has 0 saturated carbocycles. The maximum Gasteiger partial charge on any atom is 0.339 e. The number of unbranched alkanes of at least 4 members (excludes halogenated alkanes) is 3. The van der Waals surface area contributed by atoms with Crippen LogP contribution in [-0.4, -0.2) is 21.0 Å². The molecule has 0 fully saturated rings. The van der Waals surface area contributed by atoms with Gasteiger partial charge in [-0.1, -0.05) is 49.4 Å². The second-order valence-corrected chi connectivity index (χ2v) is 6.85. The van der Waals surface area contributed by atoms with Gasteiger partial charge in [0.1, 0.15) is 4.90 Å². The average molecular weight is 354 g/mol. The highest BCUT2D eigenvalue weighted by molar-refractivity contribution is 7.89. The Bertz CT molecular complexity index is 617. The molecule has 2 N–H and O–H groups in total. The van der Waals surface area contributed by atoms with Crippen molar-refractivity contribution in [2.24, 2.45) is 5.14 Å². The van der Waals surface area contributed by atoms with Crippen molar-refractivity contribution in [3.8, 4) is 0 Å². The van der Waals surface area contributed by atoms with E-state index in [9.17, 15) is 13.2 Å². The summed E-state index contributed by atoms with van der Waals surface area (Å²) in [5, 5.41) is 4.91. The van der Waals surface area contributed by atoms with Gasteiger partial charge in [-0.25, -0.2) is 18.4 Å². The summed E-state index contributed by atoms with van der Waals surface area (Å²) in [6.45, 7) is 2.33. The normalized spacial score (nSPS) is 11.4. The molecule has 0 amide bonds. The van der Waals surface area contributed by atoms with Gasteiger partial charge in [0.05, 0.1) is 22.2 Å². The number of primary sulfonamides is 1. The maximum absolute atomic E-state index is 11.9. The van der Waals surface area contributed by atoms with Crippen LogP contribution in [0.25, 0.3) is 0 Å². The number of esters is 1. The minimum atomic E-state index is -4.04. The van der Waals surface area contributed by atoms with E-state index in [1.54, 1.807) is 0 Å². The molecule has 0 aliphatic rings. The van der Waals surface area contributed by atoms with Crippen molar-refractivity contribution in [1.29, 1.82) is 0 Å². The van der Waals surface area contributed by atoms with E-state index < -0.39 is 16.0 Å². The summed E-state index contributed by atoms with van der Waals surface area (Å²) in [6, 6.07) is 2.20. The molecule has 0 atom stereocenters. The molecule has 21 heavy (non-hydrogen) atoms. The van der Waals surface area contributed by atoms with Crippen molar-refractivity contribution in [3.05, 3.63) is 27.7 Å². The third-order valence-corrected chi connectivity index (χ3v) is 4.47. The highest BCUT2D eigenvalue weighted by atomic mass is 35.5. The van der Waals surface area contributed by atoms with Crippen LogP contribution in [0.1, 0.15) is 43.0 Å². The standard InChI is InChI=1S/C13H17Cl2NO4S/c1-2-3-4-5-6-20-13(17)9-7-12(21(16,18)19)11(15)8-10(9)14/h7-8H,2-6H2,1H3,(H2,16,18,19). The van der Waals surface area contributed by atoms with Crippen LogP contribution in [0.4, 0.5) is 0 Å². The fourth-order valence-corrected chi connectivity index (χ4v) is 3.07. The van der Waals surface area contributed by atoms with Crippen molar-refractivity contribution < 1.29 is 17.9 Å². The minimum Gasteiger partial charge on any atom is -0.462 e. The Morgan fingerprint density at radius 2 is 1.86 bits per heavy atom. The molecule has 8 heteroatoms. The number of carbonyl (C=O) groups excluding carboxylic acids is 1. The van der Waals surface area contributed by atoms with Crippen LogP contribution in [0.15, 0.2) is 17.0 Å². The molecule has 1 aromatic carbocycles. The van der Waals surface area contributed by atoms with Crippen LogP contribution in [0.5, 0.6) is 0 Å². The van der Waals surface area contributed by atoms with Crippen molar-refractivity contribution in [1.82, 2.24) is 0 Å². The number of ether oxygens (including phenoxy) is 1. The monoisotopic (exact) mass is 353 g/mol. The fourth-order valence-electron chi connectivity index (χ4n) is 1.68. The van der Waals surface area contributed by atoms with Gasteiger partial charge in [0.2, 0.25) is 10.0 Å². The quantitative estimate of drug-likeness (QED) is 0.601. The Hall–Kier alpha value is -0.820. The molecule has 0 aromatic heterocycles. The Morgan fingerprint density at radius 3 is 2.43 bits per heavy atom. The highest BCUT2D eigenvalue weighted by Crippen LogP contribution is 2.28. The predicted octanol–water partition coefficient (Wildman–Crippen LogP) is 3.38. The molecule has 0 heterocycles. The Morgan fingerprint density at radius 1 is 1.19 bits per heavy atom. The summed E-state index contributed by atoms with van der Waals surface area (Å²) in [4.78, 5) is 11.5. The van der Waals surface area contributed by atoms with Crippen LogP contribution in [0.2, 0.25) is 10.0 Å². The zero-order valence-corrected chi connectivity index (χ0v) is 13.9. The van der Waals surface area contributed by atoms with E-state index in [-0.39, 0.29) is 27.1 Å². The highest BCUT2D eigenvalue weighted by Gasteiger charge is 2.20. The first-order chi connectivity index (χ1) is 9.77. The van der Waals surface area contributed by atoms with Gasteiger partial charge in [0.15, 0.2) is 0 Å². The van der Waals surface area contributed by atoms with Gasteiger partial charge in [-0.2, -0.15) is 0 Å². The van der Waals surface area contributed by atoms with E-state index in [0.29, 0.717) is 0 Å². The SMILES string of the molecule is CCCCCCOC(=O)c1cc(S(N)(=O)=O)c(Cl)cc1Cl. The van der Waals surface area contributed by atoms with Gasteiger partial charge in [0, 0.05) is 0 Å². The number of hydrogen-bond acceptors (Lipinski definition) is 4. The van der Waals surface area contributed by atoms with Gasteiger partial charge in [-0.15, -0.1) is 0 Å². The largest absolute Gasteiger partial charge is 0.462 e. The van der Waals surface area contributed by atoms with Gasteiger partial charge in [-0.3, -0.25) is 0 Å². The summed E-state index contributed by atoms with van der Waals surface area (Å²) >= 11 is 11.6. The van der Waals surface area contributed by atoms with E-state index >= 15 is 0 Å². The molecule has 0 unspecified atom stereocenters. The smallest absolute Gasteiger partial charge is 0.339 e. The number of sulfonamides is 1. The summed E-state index contributed by atoms with van der Waals surface area (Å²) in [7, 11) is -4.04. The van der Waals surface area contributed by atoms with Crippen molar-refractivity contribution in [3.63, 3.8) is 0 Å². The number of carbonyl (C=O) groups is 1. The zero-order chi connectivity index (χ0) is 16.0. The van der Waals surface area contributed by atoms with E-state index in [1.807, 2.05) is 0 Å². The van der Waals surface area contributed by atoms with E-state index in [1.165, 1.54) is 0 Å². The topological polar surface area (TPSA) is 86.5 Å². The number of hydrogen-bond donors (Lipinski definition) is 1. The second kappa shape index (κ2) is 7.98. The van der Waals surface area contributed by atoms with Gasteiger partial charge in [-0.05, 0) is 18.6 Å².